The molecule has 0 saturated carbocycles. The van der Waals surface area contributed by atoms with Crippen molar-refractivity contribution in [3.05, 3.63) is 59.7 Å². The van der Waals surface area contributed by atoms with Crippen LogP contribution >= 0.6 is 0 Å². The average Bonchev–Trinajstić information content (AvgIpc) is 2.40. The molecule has 0 bridgehead atoms. The van der Waals surface area contributed by atoms with E-state index >= 15 is 0 Å². The maximum Gasteiger partial charge on any atom is 0.418 e. The molecule has 0 saturated heterocycles. The van der Waals surface area contributed by atoms with Gasteiger partial charge >= 0.3 is 6.18 Å². The lowest BCUT2D eigenvalue weighted by Gasteiger charge is -2.20. The molecule has 0 amide bonds. The first kappa shape index (κ1) is 14.2. The van der Waals surface area contributed by atoms with Gasteiger partial charge < -0.3 is 11.1 Å². The van der Waals surface area contributed by atoms with Crippen LogP contribution in [0.5, 0.6) is 0 Å². The summed E-state index contributed by atoms with van der Waals surface area (Å²) in [5.74, 6) is 0. The normalized spacial score (nSPS) is 13.0. The molecule has 2 aromatic rings. The van der Waals surface area contributed by atoms with Crippen LogP contribution in [0.3, 0.4) is 0 Å². The zero-order chi connectivity index (χ0) is 14.8. The Balaban J connectivity index is 2.30. The fourth-order valence-corrected chi connectivity index (χ4v) is 1.98. The van der Waals surface area contributed by atoms with Gasteiger partial charge in [0.15, 0.2) is 0 Å². The van der Waals surface area contributed by atoms with Gasteiger partial charge in [0.1, 0.15) is 0 Å². The molecule has 0 fully saturated rings. The van der Waals surface area contributed by atoms with Gasteiger partial charge in [-0.1, -0.05) is 30.3 Å². The molecule has 0 aliphatic carbocycles. The number of halogens is 3. The predicted octanol–water partition coefficient (Wildman–Crippen LogP) is 4.46. The quantitative estimate of drug-likeness (QED) is 0.814. The van der Waals surface area contributed by atoms with Crippen molar-refractivity contribution in [3.63, 3.8) is 0 Å². The standard InChI is InChI=1S/C15H15F3N2/c1-10(11-5-3-2-4-6-11)20-14-8-7-12(19)9-13(14)15(16,17)18/h2-10,20H,19H2,1H3. The van der Waals surface area contributed by atoms with Crippen LogP contribution in [0.4, 0.5) is 24.5 Å². The maximum atomic E-state index is 13.0. The van der Waals surface area contributed by atoms with E-state index in [1.807, 2.05) is 37.3 Å². The number of anilines is 2. The molecule has 0 spiro atoms. The first-order valence-corrected chi connectivity index (χ1v) is 6.16. The molecule has 5 heteroatoms. The summed E-state index contributed by atoms with van der Waals surface area (Å²) in [6.45, 7) is 1.81. The summed E-state index contributed by atoms with van der Waals surface area (Å²) in [6.07, 6.45) is -4.44. The zero-order valence-corrected chi connectivity index (χ0v) is 10.9. The molecule has 2 rings (SSSR count). The van der Waals surface area contributed by atoms with E-state index in [0.717, 1.165) is 11.6 Å². The molecule has 0 aliphatic rings. The van der Waals surface area contributed by atoms with E-state index in [4.69, 9.17) is 5.73 Å². The number of nitrogen functional groups attached to an aromatic ring is 1. The second kappa shape index (κ2) is 5.45. The van der Waals surface area contributed by atoms with Crippen LogP contribution in [0.15, 0.2) is 48.5 Å². The first-order valence-electron chi connectivity index (χ1n) is 6.16. The third-order valence-corrected chi connectivity index (χ3v) is 3.02. The highest BCUT2D eigenvalue weighted by Gasteiger charge is 2.34. The molecule has 1 atom stereocenters. The third kappa shape index (κ3) is 3.23. The van der Waals surface area contributed by atoms with Gasteiger partial charge in [-0.2, -0.15) is 13.2 Å². The van der Waals surface area contributed by atoms with Gasteiger partial charge in [0, 0.05) is 17.4 Å². The van der Waals surface area contributed by atoms with Crippen molar-refractivity contribution in [3.8, 4) is 0 Å². The molecular weight excluding hydrogens is 265 g/mol. The van der Waals surface area contributed by atoms with Crippen LogP contribution in [0, 0.1) is 0 Å². The van der Waals surface area contributed by atoms with Crippen molar-refractivity contribution in [2.75, 3.05) is 11.1 Å². The number of nitrogens with two attached hydrogens (primary N) is 1. The van der Waals surface area contributed by atoms with Gasteiger partial charge in [0.2, 0.25) is 0 Å². The predicted molar refractivity (Wildman–Crippen MR) is 74.3 cm³/mol. The smallest absolute Gasteiger partial charge is 0.399 e. The Labute approximate surface area is 115 Å². The lowest BCUT2D eigenvalue weighted by molar-refractivity contribution is -0.136. The van der Waals surface area contributed by atoms with E-state index in [1.165, 1.54) is 12.1 Å². The van der Waals surface area contributed by atoms with E-state index in [-0.39, 0.29) is 17.4 Å². The van der Waals surface area contributed by atoms with Crippen molar-refractivity contribution in [1.29, 1.82) is 0 Å². The third-order valence-electron chi connectivity index (χ3n) is 3.02. The number of rotatable bonds is 3. The van der Waals surface area contributed by atoms with Crippen LogP contribution in [-0.4, -0.2) is 0 Å². The molecule has 0 aliphatic heterocycles. The Kier molecular flexibility index (Phi) is 3.88. The summed E-state index contributed by atoms with van der Waals surface area (Å²) in [7, 11) is 0. The Morgan fingerprint density at radius 1 is 1.05 bits per heavy atom. The molecule has 0 aromatic heterocycles. The summed E-state index contributed by atoms with van der Waals surface area (Å²) < 4.78 is 39.0. The topological polar surface area (TPSA) is 38.0 Å². The average molecular weight is 280 g/mol. The second-order valence-corrected chi connectivity index (χ2v) is 4.58. The number of benzene rings is 2. The largest absolute Gasteiger partial charge is 0.418 e. The molecule has 0 heterocycles. The van der Waals surface area contributed by atoms with Crippen LogP contribution in [0.25, 0.3) is 0 Å². The molecule has 0 radical (unpaired) electrons. The summed E-state index contributed by atoms with van der Waals surface area (Å²) in [5.41, 5.74) is 5.73. The number of alkyl halides is 3. The summed E-state index contributed by atoms with van der Waals surface area (Å²) in [4.78, 5) is 0. The molecule has 3 N–H and O–H groups in total. The number of hydrogen-bond donors (Lipinski definition) is 2. The van der Waals surface area contributed by atoms with Gasteiger partial charge in [-0.15, -0.1) is 0 Å². The van der Waals surface area contributed by atoms with E-state index in [0.29, 0.717) is 0 Å². The zero-order valence-electron chi connectivity index (χ0n) is 10.9. The summed E-state index contributed by atoms with van der Waals surface area (Å²) in [6, 6.07) is 12.8. The highest BCUT2D eigenvalue weighted by Crippen LogP contribution is 2.37. The van der Waals surface area contributed by atoms with Crippen LogP contribution in [0.2, 0.25) is 0 Å². The second-order valence-electron chi connectivity index (χ2n) is 4.58. The summed E-state index contributed by atoms with van der Waals surface area (Å²) >= 11 is 0. The van der Waals surface area contributed by atoms with E-state index in [1.54, 1.807) is 0 Å². The first-order chi connectivity index (χ1) is 9.38. The van der Waals surface area contributed by atoms with Gasteiger partial charge in [-0.25, -0.2) is 0 Å². The molecule has 2 nitrogen and oxygen atoms in total. The molecular formula is C15H15F3N2. The van der Waals surface area contributed by atoms with Gasteiger partial charge in [0.25, 0.3) is 0 Å². The van der Waals surface area contributed by atoms with Gasteiger partial charge in [0.05, 0.1) is 5.56 Å². The SMILES string of the molecule is CC(Nc1ccc(N)cc1C(F)(F)F)c1ccccc1. The number of nitrogens with one attached hydrogen (secondary N) is 1. The fraction of sp³-hybridized carbons (Fsp3) is 0.200. The van der Waals surface area contributed by atoms with Crippen molar-refractivity contribution in [2.24, 2.45) is 0 Å². The number of hydrogen-bond acceptors (Lipinski definition) is 2. The van der Waals surface area contributed by atoms with Crippen molar-refractivity contribution >= 4 is 11.4 Å². The Morgan fingerprint density at radius 3 is 2.30 bits per heavy atom. The van der Waals surface area contributed by atoms with Crippen molar-refractivity contribution < 1.29 is 13.2 Å². The van der Waals surface area contributed by atoms with E-state index in [9.17, 15) is 13.2 Å². The molecule has 20 heavy (non-hydrogen) atoms. The van der Waals surface area contributed by atoms with Gasteiger partial charge in [-0.05, 0) is 30.7 Å². The molecule has 2 aromatic carbocycles. The van der Waals surface area contributed by atoms with Crippen molar-refractivity contribution in [1.82, 2.24) is 0 Å². The highest BCUT2D eigenvalue weighted by atomic mass is 19.4. The lowest BCUT2D eigenvalue weighted by Crippen LogP contribution is -2.14. The molecule has 1 unspecified atom stereocenters. The van der Waals surface area contributed by atoms with Gasteiger partial charge in [-0.3, -0.25) is 0 Å². The van der Waals surface area contributed by atoms with Crippen LogP contribution in [-0.2, 0) is 6.18 Å². The summed E-state index contributed by atoms with van der Waals surface area (Å²) in [5, 5.41) is 2.88. The van der Waals surface area contributed by atoms with E-state index < -0.39 is 11.7 Å². The Bertz CT molecular complexity index is 579. The highest BCUT2D eigenvalue weighted by molar-refractivity contribution is 5.60. The van der Waals surface area contributed by atoms with Crippen LogP contribution in [0.1, 0.15) is 24.1 Å². The Hall–Kier alpha value is -2.17. The maximum absolute atomic E-state index is 13.0. The lowest BCUT2D eigenvalue weighted by atomic mass is 10.1. The fourth-order valence-electron chi connectivity index (χ4n) is 1.98. The Morgan fingerprint density at radius 2 is 1.70 bits per heavy atom. The molecule has 106 valence electrons. The minimum Gasteiger partial charge on any atom is -0.399 e. The minimum atomic E-state index is -4.44. The van der Waals surface area contributed by atoms with E-state index in [2.05, 4.69) is 5.32 Å². The minimum absolute atomic E-state index is 0.0306. The monoisotopic (exact) mass is 280 g/mol. The van der Waals surface area contributed by atoms with Crippen molar-refractivity contribution in [2.45, 2.75) is 19.1 Å². The van der Waals surface area contributed by atoms with Crippen LogP contribution < -0.4 is 11.1 Å².